The molecule has 0 N–H and O–H groups in total. The SMILES string of the molecule is Cc1nn(-c2ccc(F)cc2)c(C)c1CC(=O)N1CCC(C(=O)c2ccc(Cl)c(Cl)c2)CC1. The van der Waals surface area contributed by atoms with E-state index in [9.17, 15) is 14.0 Å². The van der Waals surface area contributed by atoms with Crippen LogP contribution >= 0.6 is 23.2 Å². The Morgan fingerprint density at radius 1 is 1.03 bits per heavy atom. The van der Waals surface area contributed by atoms with Crippen LogP contribution in [0.25, 0.3) is 5.69 Å². The molecule has 1 aromatic heterocycles. The molecule has 1 saturated heterocycles. The van der Waals surface area contributed by atoms with E-state index < -0.39 is 0 Å². The lowest BCUT2D eigenvalue weighted by Crippen LogP contribution is -2.41. The van der Waals surface area contributed by atoms with E-state index in [1.165, 1.54) is 12.1 Å². The quantitative estimate of drug-likeness (QED) is 0.440. The number of carbonyl (C=O) groups excluding carboxylic acids is 2. The molecule has 0 spiro atoms. The molecule has 2 heterocycles. The molecular formula is C25H24Cl2FN3O2. The summed E-state index contributed by atoms with van der Waals surface area (Å²) in [6, 6.07) is 11.0. The molecule has 1 fully saturated rings. The lowest BCUT2D eigenvalue weighted by atomic mass is 9.88. The van der Waals surface area contributed by atoms with Crippen molar-refractivity contribution in [1.82, 2.24) is 14.7 Å². The number of aromatic nitrogens is 2. The highest BCUT2D eigenvalue weighted by atomic mass is 35.5. The van der Waals surface area contributed by atoms with E-state index in [4.69, 9.17) is 23.2 Å². The maximum Gasteiger partial charge on any atom is 0.227 e. The van der Waals surface area contributed by atoms with Gasteiger partial charge in [0.15, 0.2) is 5.78 Å². The summed E-state index contributed by atoms with van der Waals surface area (Å²) in [4.78, 5) is 27.7. The maximum atomic E-state index is 13.3. The molecule has 5 nitrogen and oxygen atoms in total. The number of aryl methyl sites for hydroxylation is 1. The van der Waals surface area contributed by atoms with Crippen LogP contribution in [0.5, 0.6) is 0 Å². The Balaban J connectivity index is 1.40. The Labute approximate surface area is 202 Å². The Bertz CT molecular complexity index is 1200. The number of benzene rings is 2. The molecule has 0 aliphatic carbocycles. The van der Waals surface area contributed by atoms with Crippen molar-refractivity contribution < 1.29 is 14.0 Å². The molecule has 0 atom stereocenters. The molecule has 33 heavy (non-hydrogen) atoms. The fourth-order valence-corrected chi connectivity index (χ4v) is 4.60. The zero-order valence-corrected chi connectivity index (χ0v) is 20.0. The second kappa shape index (κ2) is 9.65. The van der Waals surface area contributed by atoms with Gasteiger partial charge in [-0.05, 0) is 69.2 Å². The number of amides is 1. The van der Waals surface area contributed by atoms with Gasteiger partial charge >= 0.3 is 0 Å². The zero-order chi connectivity index (χ0) is 23.7. The standard InChI is InChI=1S/C25H24Cl2FN3O2/c1-15-21(16(2)31(29-15)20-6-4-19(28)5-7-20)14-24(32)30-11-9-17(10-12-30)25(33)18-3-8-22(26)23(27)13-18/h3-8,13,17H,9-12,14H2,1-2H3. The third-order valence-corrected chi connectivity index (χ3v) is 7.00. The number of Topliss-reactive ketones (excluding diaryl/α,β-unsaturated/α-hetero) is 1. The summed E-state index contributed by atoms with van der Waals surface area (Å²) in [6.45, 7) is 4.84. The first kappa shape index (κ1) is 23.5. The van der Waals surface area contributed by atoms with E-state index in [1.807, 2.05) is 18.7 Å². The second-order valence-electron chi connectivity index (χ2n) is 8.36. The van der Waals surface area contributed by atoms with Gasteiger partial charge in [-0.25, -0.2) is 9.07 Å². The summed E-state index contributed by atoms with van der Waals surface area (Å²) in [7, 11) is 0. The topological polar surface area (TPSA) is 55.2 Å². The molecule has 0 bridgehead atoms. The average molecular weight is 488 g/mol. The summed E-state index contributed by atoms with van der Waals surface area (Å²) in [5, 5.41) is 5.33. The van der Waals surface area contributed by atoms with Gasteiger partial charge in [0.25, 0.3) is 0 Å². The molecule has 4 rings (SSSR count). The molecule has 1 aliphatic heterocycles. The summed E-state index contributed by atoms with van der Waals surface area (Å²) in [5.41, 5.74) is 3.80. The van der Waals surface area contributed by atoms with Gasteiger partial charge in [0.05, 0.1) is 27.8 Å². The van der Waals surface area contributed by atoms with Crippen LogP contribution in [0, 0.1) is 25.6 Å². The first-order valence-corrected chi connectivity index (χ1v) is 11.6. The van der Waals surface area contributed by atoms with Crippen molar-refractivity contribution in [2.24, 2.45) is 5.92 Å². The van der Waals surface area contributed by atoms with Crippen molar-refractivity contribution in [1.29, 1.82) is 0 Å². The van der Waals surface area contributed by atoms with E-state index in [2.05, 4.69) is 5.10 Å². The van der Waals surface area contributed by atoms with E-state index in [-0.39, 0.29) is 29.8 Å². The predicted octanol–water partition coefficient (Wildman–Crippen LogP) is 5.60. The number of ketones is 1. The molecule has 0 radical (unpaired) electrons. The third kappa shape index (κ3) is 4.97. The van der Waals surface area contributed by atoms with Crippen LogP contribution in [0.3, 0.4) is 0 Å². The summed E-state index contributed by atoms with van der Waals surface area (Å²) < 4.78 is 15.0. The van der Waals surface area contributed by atoms with Gasteiger partial charge in [-0.15, -0.1) is 0 Å². The van der Waals surface area contributed by atoms with Crippen LogP contribution in [-0.4, -0.2) is 39.5 Å². The first-order valence-electron chi connectivity index (χ1n) is 10.8. The normalized spacial score (nSPS) is 14.5. The molecule has 8 heteroatoms. The highest BCUT2D eigenvalue weighted by molar-refractivity contribution is 6.42. The van der Waals surface area contributed by atoms with Crippen molar-refractivity contribution in [3.8, 4) is 5.69 Å². The smallest absolute Gasteiger partial charge is 0.227 e. The van der Waals surface area contributed by atoms with E-state index in [1.54, 1.807) is 35.0 Å². The van der Waals surface area contributed by atoms with Gasteiger partial charge in [0.2, 0.25) is 5.91 Å². The molecule has 1 aliphatic rings. The third-order valence-electron chi connectivity index (χ3n) is 6.26. The second-order valence-corrected chi connectivity index (χ2v) is 9.18. The van der Waals surface area contributed by atoms with Crippen LogP contribution < -0.4 is 0 Å². The molecule has 3 aromatic rings. The molecule has 1 amide bonds. The minimum Gasteiger partial charge on any atom is -0.342 e. The molecule has 0 saturated carbocycles. The zero-order valence-electron chi connectivity index (χ0n) is 18.4. The summed E-state index contributed by atoms with van der Waals surface area (Å²) in [5.74, 6) is -0.402. The van der Waals surface area contributed by atoms with Crippen molar-refractivity contribution in [3.05, 3.63) is 80.8 Å². The van der Waals surface area contributed by atoms with E-state index in [0.717, 1.165) is 22.6 Å². The molecule has 172 valence electrons. The highest BCUT2D eigenvalue weighted by Gasteiger charge is 2.29. The van der Waals surface area contributed by atoms with Gasteiger partial charge in [0, 0.05) is 35.8 Å². The summed E-state index contributed by atoms with van der Waals surface area (Å²) >= 11 is 12.0. The number of halogens is 3. The highest BCUT2D eigenvalue weighted by Crippen LogP contribution is 2.27. The van der Waals surface area contributed by atoms with Crippen LogP contribution in [0.2, 0.25) is 10.0 Å². The fourth-order valence-electron chi connectivity index (χ4n) is 4.30. The Kier molecular flexibility index (Phi) is 6.86. The Morgan fingerprint density at radius 3 is 2.33 bits per heavy atom. The number of piperidine rings is 1. The number of hydrogen-bond donors (Lipinski definition) is 0. The van der Waals surface area contributed by atoms with E-state index >= 15 is 0 Å². The van der Waals surface area contributed by atoms with Crippen molar-refractivity contribution in [2.45, 2.75) is 33.1 Å². The van der Waals surface area contributed by atoms with Crippen LogP contribution in [0.1, 0.15) is 40.2 Å². The number of carbonyl (C=O) groups is 2. The number of likely N-dealkylation sites (tertiary alicyclic amines) is 1. The Hall–Kier alpha value is -2.70. The fraction of sp³-hybridized carbons (Fsp3) is 0.320. The average Bonchev–Trinajstić information content (AvgIpc) is 3.09. The molecule has 2 aromatic carbocycles. The number of hydrogen-bond acceptors (Lipinski definition) is 3. The lowest BCUT2D eigenvalue weighted by Gasteiger charge is -2.31. The van der Waals surface area contributed by atoms with Gasteiger partial charge < -0.3 is 4.90 Å². The number of nitrogens with zero attached hydrogens (tertiary/aromatic N) is 3. The maximum absolute atomic E-state index is 13.3. The van der Waals surface area contributed by atoms with Gasteiger partial charge in [-0.3, -0.25) is 9.59 Å². The minimum absolute atomic E-state index is 0.0142. The Morgan fingerprint density at radius 2 is 1.70 bits per heavy atom. The molecular weight excluding hydrogens is 464 g/mol. The number of rotatable bonds is 5. The van der Waals surface area contributed by atoms with Crippen LogP contribution in [-0.2, 0) is 11.2 Å². The minimum atomic E-state index is -0.309. The lowest BCUT2D eigenvalue weighted by molar-refractivity contribution is -0.131. The largest absolute Gasteiger partial charge is 0.342 e. The van der Waals surface area contributed by atoms with E-state index in [0.29, 0.717) is 41.5 Å². The van der Waals surface area contributed by atoms with Crippen molar-refractivity contribution in [2.75, 3.05) is 13.1 Å². The van der Waals surface area contributed by atoms with Crippen LogP contribution in [0.4, 0.5) is 4.39 Å². The van der Waals surface area contributed by atoms with Crippen LogP contribution in [0.15, 0.2) is 42.5 Å². The predicted molar refractivity (Wildman–Crippen MR) is 127 cm³/mol. The van der Waals surface area contributed by atoms with Gasteiger partial charge in [-0.1, -0.05) is 23.2 Å². The molecule has 0 unspecified atom stereocenters. The first-order chi connectivity index (χ1) is 15.7. The van der Waals surface area contributed by atoms with Crippen molar-refractivity contribution >= 4 is 34.9 Å². The summed E-state index contributed by atoms with van der Waals surface area (Å²) in [6.07, 6.45) is 1.46. The van der Waals surface area contributed by atoms with Crippen molar-refractivity contribution in [3.63, 3.8) is 0 Å². The monoisotopic (exact) mass is 487 g/mol. The van der Waals surface area contributed by atoms with Gasteiger partial charge in [-0.2, -0.15) is 5.10 Å². The van der Waals surface area contributed by atoms with Gasteiger partial charge in [0.1, 0.15) is 5.82 Å².